The predicted molar refractivity (Wildman–Crippen MR) is 58.5 cm³/mol. The molecule has 1 aliphatic heterocycles. The zero-order valence-electron chi connectivity index (χ0n) is 8.32. The Balaban J connectivity index is 1.93. The van der Waals surface area contributed by atoms with Crippen LogP contribution in [-0.2, 0) is 15.9 Å². The van der Waals surface area contributed by atoms with Crippen LogP contribution in [0.1, 0.15) is 22.5 Å². The number of alkyl halides is 1. The first-order valence-corrected chi connectivity index (χ1v) is 6.33. The first-order chi connectivity index (χ1) is 7.40. The van der Waals surface area contributed by atoms with Gasteiger partial charge in [0, 0.05) is 12.3 Å². The topological polar surface area (TPSA) is 44.2 Å². The third-order valence-corrected chi connectivity index (χ3v) is 3.44. The minimum absolute atomic E-state index is 0.0269. The lowest BCUT2D eigenvalue weighted by Gasteiger charge is -2.20. The van der Waals surface area contributed by atoms with E-state index in [9.17, 15) is 0 Å². The molecule has 15 heavy (non-hydrogen) atoms. The van der Waals surface area contributed by atoms with E-state index in [1.807, 2.05) is 0 Å². The molecule has 1 saturated heterocycles. The smallest absolute Gasteiger partial charge is 0.148 e. The molecule has 1 aromatic heterocycles. The van der Waals surface area contributed by atoms with Crippen molar-refractivity contribution in [3.8, 4) is 0 Å². The van der Waals surface area contributed by atoms with Crippen LogP contribution in [0.5, 0.6) is 0 Å². The molecule has 0 radical (unpaired) electrons. The molecule has 1 aliphatic rings. The van der Waals surface area contributed by atoms with Crippen LogP contribution in [0, 0.1) is 0 Å². The molecule has 0 bridgehead atoms. The lowest BCUT2D eigenvalue weighted by Crippen LogP contribution is -2.21. The molecule has 1 fully saturated rings. The number of hydrogen-bond donors (Lipinski definition) is 0. The van der Waals surface area contributed by atoms with E-state index in [0.717, 1.165) is 22.9 Å². The molecule has 0 aliphatic carbocycles. The third-order valence-electron chi connectivity index (χ3n) is 2.10. The number of aryl methyl sites for hydroxylation is 1. The molecule has 0 spiro atoms. The molecular weight excluding hydrogens is 236 g/mol. The van der Waals surface area contributed by atoms with Crippen molar-refractivity contribution in [1.82, 2.24) is 10.2 Å². The summed E-state index contributed by atoms with van der Waals surface area (Å²) < 4.78 is 10.9. The highest BCUT2D eigenvalue weighted by Crippen LogP contribution is 2.24. The standard InChI is InChI=1S/C9H13ClN2O2S/c10-3-1-2-8-11-12-9(15-8)7-6-13-4-5-14-7/h7H,1-6H2. The largest absolute Gasteiger partial charge is 0.376 e. The Morgan fingerprint density at radius 2 is 2.33 bits per heavy atom. The van der Waals surface area contributed by atoms with E-state index in [0.29, 0.717) is 25.7 Å². The molecule has 84 valence electrons. The fraction of sp³-hybridized carbons (Fsp3) is 0.778. The van der Waals surface area contributed by atoms with E-state index in [2.05, 4.69) is 10.2 Å². The van der Waals surface area contributed by atoms with Gasteiger partial charge in [0.25, 0.3) is 0 Å². The summed E-state index contributed by atoms with van der Waals surface area (Å²) in [6, 6.07) is 0. The predicted octanol–water partition coefficient (Wildman–Crippen LogP) is 1.80. The van der Waals surface area contributed by atoms with Gasteiger partial charge < -0.3 is 9.47 Å². The maximum atomic E-state index is 5.62. The molecule has 2 rings (SSSR count). The van der Waals surface area contributed by atoms with Crippen molar-refractivity contribution >= 4 is 22.9 Å². The second-order valence-corrected chi connectivity index (χ2v) is 4.73. The molecule has 0 saturated carbocycles. The summed E-state index contributed by atoms with van der Waals surface area (Å²) in [5.41, 5.74) is 0. The molecule has 1 aromatic rings. The highest BCUT2D eigenvalue weighted by molar-refractivity contribution is 7.11. The van der Waals surface area contributed by atoms with Crippen LogP contribution in [0.25, 0.3) is 0 Å². The Labute approximate surface area is 97.6 Å². The normalized spacial score (nSPS) is 21.8. The summed E-state index contributed by atoms with van der Waals surface area (Å²) in [5.74, 6) is 0.665. The van der Waals surface area contributed by atoms with Crippen molar-refractivity contribution in [3.05, 3.63) is 10.0 Å². The fourth-order valence-corrected chi connectivity index (χ4v) is 2.40. The summed E-state index contributed by atoms with van der Waals surface area (Å²) in [6.45, 7) is 1.90. The van der Waals surface area contributed by atoms with Gasteiger partial charge in [0.2, 0.25) is 0 Å². The Kier molecular flexibility index (Phi) is 4.31. The van der Waals surface area contributed by atoms with Gasteiger partial charge in [-0.25, -0.2) is 0 Å². The van der Waals surface area contributed by atoms with Crippen LogP contribution in [-0.4, -0.2) is 35.9 Å². The molecule has 0 amide bonds. The lowest BCUT2D eigenvalue weighted by atomic mass is 10.4. The summed E-state index contributed by atoms with van der Waals surface area (Å²) in [7, 11) is 0. The van der Waals surface area contributed by atoms with Crippen LogP contribution < -0.4 is 0 Å². The van der Waals surface area contributed by atoms with E-state index < -0.39 is 0 Å². The van der Waals surface area contributed by atoms with Gasteiger partial charge in [0.05, 0.1) is 19.8 Å². The maximum Gasteiger partial charge on any atom is 0.148 e. The van der Waals surface area contributed by atoms with Crippen LogP contribution in [0.15, 0.2) is 0 Å². The number of nitrogens with zero attached hydrogens (tertiary/aromatic N) is 2. The van der Waals surface area contributed by atoms with Crippen molar-refractivity contribution < 1.29 is 9.47 Å². The Morgan fingerprint density at radius 3 is 3.07 bits per heavy atom. The lowest BCUT2D eigenvalue weighted by molar-refractivity contribution is -0.0903. The second kappa shape index (κ2) is 5.75. The molecule has 4 nitrogen and oxygen atoms in total. The van der Waals surface area contributed by atoms with Crippen molar-refractivity contribution in [2.45, 2.75) is 18.9 Å². The molecule has 0 N–H and O–H groups in total. The Hall–Kier alpha value is -0.230. The van der Waals surface area contributed by atoms with Gasteiger partial charge in [0.1, 0.15) is 16.1 Å². The first kappa shape index (κ1) is 11.3. The SMILES string of the molecule is ClCCCc1nnc(C2COCCO2)s1. The highest BCUT2D eigenvalue weighted by Gasteiger charge is 2.20. The van der Waals surface area contributed by atoms with E-state index >= 15 is 0 Å². The van der Waals surface area contributed by atoms with Crippen LogP contribution in [0.2, 0.25) is 0 Å². The van der Waals surface area contributed by atoms with E-state index in [1.54, 1.807) is 11.3 Å². The number of rotatable bonds is 4. The van der Waals surface area contributed by atoms with Crippen LogP contribution in [0.4, 0.5) is 0 Å². The quantitative estimate of drug-likeness (QED) is 0.763. The van der Waals surface area contributed by atoms with Gasteiger partial charge in [-0.3, -0.25) is 0 Å². The van der Waals surface area contributed by atoms with Crippen molar-refractivity contribution in [1.29, 1.82) is 0 Å². The molecular formula is C9H13ClN2O2S. The zero-order chi connectivity index (χ0) is 10.5. The minimum atomic E-state index is -0.0269. The minimum Gasteiger partial charge on any atom is -0.376 e. The first-order valence-electron chi connectivity index (χ1n) is 4.97. The summed E-state index contributed by atoms with van der Waals surface area (Å²) in [5, 5.41) is 10.2. The monoisotopic (exact) mass is 248 g/mol. The van der Waals surface area contributed by atoms with Gasteiger partial charge in [-0.05, 0) is 6.42 Å². The molecule has 6 heteroatoms. The molecule has 0 aromatic carbocycles. The third kappa shape index (κ3) is 3.11. The summed E-state index contributed by atoms with van der Waals surface area (Å²) in [4.78, 5) is 0. The van der Waals surface area contributed by atoms with Gasteiger partial charge >= 0.3 is 0 Å². The average Bonchev–Trinajstić information content (AvgIpc) is 2.76. The van der Waals surface area contributed by atoms with E-state index in [1.165, 1.54) is 0 Å². The van der Waals surface area contributed by atoms with Gasteiger partial charge in [-0.15, -0.1) is 21.8 Å². The van der Waals surface area contributed by atoms with Crippen molar-refractivity contribution in [3.63, 3.8) is 0 Å². The molecule has 1 atom stereocenters. The fourth-order valence-electron chi connectivity index (χ4n) is 1.35. The summed E-state index contributed by atoms with van der Waals surface area (Å²) in [6.07, 6.45) is 1.81. The maximum absolute atomic E-state index is 5.62. The molecule has 2 heterocycles. The number of ether oxygens (including phenoxy) is 2. The Morgan fingerprint density at radius 1 is 1.40 bits per heavy atom. The van der Waals surface area contributed by atoms with Crippen LogP contribution >= 0.6 is 22.9 Å². The number of hydrogen-bond acceptors (Lipinski definition) is 5. The van der Waals surface area contributed by atoms with Crippen LogP contribution in [0.3, 0.4) is 0 Å². The van der Waals surface area contributed by atoms with E-state index in [4.69, 9.17) is 21.1 Å². The van der Waals surface area contributed by atoms with Gasteiger partial charge in [-0.2, -0.15) is 0 Å². The summed E-state index contributed by atoms with van der Waals surface area (Å²) >= 11 is 7.21. The number of halogens is 1. The van der Waals surface area contributed by atoms with Crippen molar-refractivity contribution in [2.75, 3.05) is 25.7 Å². The van der Waals surface area contributed by atoms with E-state index in [-0.39, 0.29) is 6.10 Å². The Bertz CT molecular complexity index is 302. The van der Waals surface area contributed by atoms with Gasteiger partial charge in [-0.1, -0.05) is 11.3 Å². The average molecular weight is 249 g/mol. The molecule has 1 unspecified atom stereocenters. The second-order valence-electron chi connectivity index (χ2n) is 3.26. The van der Waals surface area contributed by atoms with Crippen molar-refractivity contribution in [2.24, 2.45) is 0 Å². The number of aromatic nitrogens is 2. The zero-order valence-corrected chi connectivity index (χ0v) is 9.89. The highest BCUT2D eigenvalue weighted by atomic mass is 35.5. The van der Waals surface area contributed by atoms with Gasteiger partial charge in [0.15, 0.2) is 0 Å².